The van der Waals surface area contributed by atoms with Crippen molar-refractivity contribution < 1.29 is 13.2 Å². The topological polar surface area (TPSA) is 0 Å². The number of alkyl halides is 3. The van der Waals surface area contributed by atoms with Crippen molar-refractivity contribution in [3.05, 3.63) is 32.7 Å². The lowest BCUT2D eigenvalue weighted by Gasteiger charge is -2.10. The first-order chi connectivity index (χ1) is 5.43. The minimum atomic E-state index is -4.34. The van der Waals surface area contributed by atoms with Crippen LogP contribution in [0.15, 0.2) is 21.1 Å². The normalized spacial score (nSPS) is 11.8. The zero-order valence-electron chi connectivity index (χ0n) is 5.54. The number of benzene rings is 1. The van der Waals surface area contributed by atoms with Gasteiger partial charge in [0.25, 0.3) is 0 Å². The average molecular weight is 303 g/mol. The lowest BCUT2D eigenvalue weighted by molar-refractivity contribution is -0.138. The van der Waals surface area contributed by atoms with Crippen LogP contribution in [0.2, 0.25) is 0 Å². The molecule has 1 aromatic carbocycles. The summed E-state index contributed by atoms with van der Waals surface area (Å²) in [6, 6.07) is 5.01. The van der Waals surface area contributed by atoms with E-state index in [0.29, 0.717) is 0 Å². The van der Waals surface area contributed by atoms with Gasteiger partial charge in [0.15, 0.2) is 0 Å². The second-order valence-electron chi connectivity index (χ2n) is 2.02. The minimum absolute atomic E-state index is 0.00984. The molecule has 0 atom stereocenters. The molecule has 0 saturated heterocycles. The molecule has 0 aliphatic rings. The quantitative estimate of drug-likeness (QED) is 0.679. The number of hydrogen-bond donors (Lipinski definition) is 0. The Balaban J connectivity index is 3.31. The van der Waals surface area contributed by atoms with Crippen molar-refractivity contribution in [3.8, 4) is 0 Å². The Morgan fingerprint density at radius 3 is 1.75 bits per heavy atom. The summed E-state index contributed by atoms with van der Waals surface area (Å²) < 4.78 is 36.7. The fourth-order valence-corrected chi connectivity index (χ4v) is 2.12. The molecule has 1 aromatic rings. The van der Waals surface area contributed by atoms with E-state index in [1.807, 2.05) is 0 Å². The van der Waals surface area contributed by atoms with Gasteiger partial charge < -0.3 is 0 Å². The van der Waals surface area contributed by atoms with Crippen molar-refractivity contribution in [1.29, 1.82) is 0 Å². The third-order valence-corrected chi connectivity index (χ3v) is 2.43. The molecule has 0 saturated carbocycles. The van der Waals surface area contributed by atoms with E-state index in [1.54, 1.807) is 0 Å². The molecular formula is C7H2Br2F3. The zero-order chi connectivity index (χ0) is 9.35. The van der Waals surface area contributed by atoms with Gasteiger partial charge in [0.2, 0.25) is 0 Å². The van der Waals surface area contributed by atoms with Crippen molar-refractivity contribution in [1.82, 2.24) is 0 Å². The molecule has 12 heavy (non-hydrogen) atoms. The van der Waals surface area contributed by atoms with Crippen molar-refractivity contribution in [3.63, 3.8) is 0 Å². The molecule has 1 radical (unpaired) electrons. The van der Waals surface area contributed by atoms with Gasteiger partial charge in [-0.25, -0.2) is 0 Å². The molecule has 0 aliphatic carbocycles. The van der Waals surface area contributed by atoms with Crippen LogP contribution in [0, 0.1) is 6.07 Å². The summed E-state index contributed by atoms with van der Waals surface area (Å²) in [5.74, 6) is 0. The van der Waals surface area contributed by atoms with Crippen LogP contribution < -0.4 is 0 Å². The van der Waals surface area contributed by atoms with Crippen LogP contribution in [-0.2, 0) is 6.18 Å². The lowest BCUT2D eigenvalue weighted by atomic mass is 10.2. The zero-order valence-corrected chi connectivity index (χ0v) is 8.72. The first kappa shape index (κ1) is 10.1. The summed E-state index contributed by atoms with van der Waals surface area (Å²) in [5, 5.41) is 0. The van der Waals surface area contributed by atoms with Crippen LogP contribution in [0.25, 0.3) is 0 Å². The molecule has 0 amide bonds. The van der Waals surface area contributed by atoms with E-state index in [9.17, 15) is 13.2 Å². The summed E-state index contributed by atoms with van der Waals surface area (Å²) in [6.45, 7) is 0. The van der Waals surface area contributed by atoms with Crippen LogP contribution in [0.5, 0.6) is 0 Å². The highest BCUT2D eigenvalue weighted by Crippen LogP contribution is 2.39. The van der Waals surface area contributed by atoms with E-state index in [2.05, 4.69) is 37.9 Å². The predicted octanol–water partition coefficient (Wildman–Crippen LogP) is 4.03. The largest absolute Gasteiger partial charge is 0.418 e. The average Bonchev–Trinajstić information content (AvgIpc) is 1.82. The van der Waals surface area contributed by atoms with Gasteiger partial charge in [-0.15, -0.1) is 0 Å². The summed E-state index contributed by atoms with van der Waals surface area (Å²) in [4.78, 5) is 0. The molecule has 0 aliphatic heterocycles. The summed E-state index contributed by atoms with van der Waals surface area (Å²) >= 11 is 5.60. The third kappa shape index (κ3) is 2.01. The summed E-state index contributed by atoms with van der Waals surface area (Å²) in [6.07, 6.45) is -4.34. The molecule has 0 bridgehead atoms. The van der Waals surface area contributed by atoms with E-state index in [0.717, 1.165) is 0 Å². The van der Waals surface area contributed by atoms with Crippen LogP contribution in [-0.4, -0.2) is 0 Å². The van der Waals surface area contributed by atoms with Gasteiger partial charge in [-0.1, -0.05) is 31.9 Å². The maximum atomic E-state index is 12.2. The molecule has 0 spiro atoms. The Kier molecular flexibility index (Phi) is 2.83. The van der Waals surface area contributed by atoms with Gasteiger partial charge in [0.1, 0.15) is 0 Å². The highest BCUT2D eigenvalue weighted by molar-refractivity contribution is 9.11. The second kappa shape index (κ2) is 3.38. The fourth-order valence-electron chi connectivity index (χ4n) is 0.717. The summed E-state index contributed by atoms with van der Waals surface area (Å²) in [5.41, 5.74) is -0.707. The SMILES string of the molecule is FC(F)(F)c1c(Br)c[c]cc1Br. The highest BCUT2D eigenvalue weighted by Gasteiger charge is 2.34. The fraction of sp³-hybridized carbons (Fsp3) is 0.143. The highest BCUT2D eigenvalue weighted by atomic mass is 79.9. The molecule has 65 valence electrons. The van der Waals surface area contributed by atoms with E-state index in [4.69, 9.17) is 0 Å². The minimum Gasteiger partial charge on any atom is -0.166 e. The molecular weight excluding hydrogens is 301 g/mol. The van der Waals surface area contributed by atoms with Gasteiger partial charge in [0.05, 0.1) is 5.56 Å². The van der Waals surface area contributed by atoms with Crippen molar-refractivity contribution >= 4 is 31.9 Å². The first-order valence-corrected chi connectivity index (χ1v) is 4.44. The van der Waals surface area contributed by atoms with E-state index < -0.39 is 11.7 Å². The third-order valence-electron chi connectivity index (χ3n) is 1.18. The Morgan fingerprint density at radius 1 is 1.08 bits per heavy atom. The van der Waals surface area contributed by atoms with Gasteiger partial charge in [-0.2, -0.15) is 13.2 Å². The first-order valence-electron chi connectivity index (χ1n) is 2.85. The van der Waals surface area contributed by atoms with E-state index >= 15 is 0 Å². The molecule has 0 fully saturated rings. The van der Waals surface area contributed by atoms with E-state index in [-0.39, 0.29) is 8.95 Å². The molecule has 0 unspecified atom stereocenters. The maximum Gasteiger partial charge on any atom is 0.418 e. The molecule has 0 N–H and O–H groups in total. The lowest BCUT2D eigenvalue weighted by Crippen LogP contribution is -2.06. The Hall–Kier alpha value is -0.0300. The number of hydrogen-bond acceptors (Lipinski definition) is 0. The Morgan fingerprint density at radius 2 is 1.50 bits per heavy atom. The smallest absolute Gasteiger partial charge is 0.166 e. The Labute approximate surface area is 84.0 Å². The van der Waals surface area contributed by atoms with Crippen molar-refractivity contribution in [2.75, 3.05) is 0 Å². The van der Waals surface area contributed by atoms with E-state index in [1.165, 1.54) is 12.1 Å². The van der Waals surface area contributed by atoms with Crippen molar-refractivity contribution in [2.24, 2.45) is 0 Å². The van der Waals surface area contributed by atoms with Gasteiger partial charge >= 0.3 is 6.18 Å². The molecule has 1 rings (SSSR count). The molecule has 0 nitrogen and oxygen atoms in total. The van der Waals surface area contributed by atoms with Gasteiger partial charge in [-0.05, 0) is 18.2 Å². The second-order valence-corrected chi connectivity index (χ2v) is 3.73. The molecule has 0 heterocycles. The molecule has 5 heteroatoms. The van der Waals surface area contributed by atoms with Gasteiger partial charge in [0, 0.05) is 8.95 Å². The predicted molar refractivity (Wildman–Crippen MR) is 45.7 cm³/mol. The van der Waals surface area contributed by atoms with Crippen LogP contribution in [0.4, 0.5) is 13.2 Å². The van der Waals surface area contributed by atoms with Crippen molar-refractivity contribution in [2.45, 2.75) is 6.18 Å². The maximum absolute atomic E-state index is 12.2. The summed E-state index contributed by atoms with van der Waals surface area (Å²) in [7, 11) is 0. The molecule has 0 aromatic heterocycles. The van der Waals surface area contributed by atoms with Crippen LogP contribution in [0.1, 0.15) is 5.56 Å². The van der Waals surface area contributed by atoms with Crippen LogP contribution in [0.3, 0.4) is 0 Å². The Bertz CT molecular complexity index is 273. The standard InChI is InChI=1S/C7H2Br2F3/c8-4-2-1-3-5(9)6(4)7(10,11)12/h2-3H. The number of rotatable bonds is 0. The number of halogens is 5. The monoisotopic (exact) mass is 301 g/mol. The van der Waals surface area contributed by atoms with Crippen LogP contribution >= 0.6 is 31.9 Å². The van der Waals surface area contributed by atoms with Gasteiger partial charge in [-0.3, -0.25) is 0 Å².